The first-order valence-electron chi connectivity index (χ1n) is 4.59. The topological polar surface area (TPSA) is 21.3 Å². The van der Waals surface area contributed by atoms with Gasteiger partial charge >= 0.3 is 6.36 Å². The minimum Gasteiger partial charge on any atom is -0.383 e. The molecule has 0 amide bonds. The van der Waals surface area contributed by atoms with Gasteiger partial charge in [0.15, 0.2) is 0 Å². The average Bonchev–Trinajstić information content (AvgIpc) is 2.17. The zero-order chi connectivity index (χ0) is 12.2. The Morgan fingerprint density at radius 3 is 2.62 bits per heavy atom. The van der Waals surface area contributed by atoms with Gasteiger partial charge in [0.2, 0.25) is 0 Å². The van der Waals surface area contributed by atoms with Crippen molar-refractivity contribution in [3.8, 4) is 0 Å². The highest BCUT2D eigenvalue weighted by atomic mass is 79.9. The van der Waals surface area contributed by atoms with Gasteiger partial charge in [-0.15, -0.1) is 13.2 Å². The van der Waals surface area contributed by atoms with Crippen LogP contribution in [0.2, 0.25) is 0 Å². The SMILES string of the molecule is Cc1ccc(NCCOC(F)(F)F)cc1Br. The lowest BCUT2D eigenvalue weighted by Crippen LogP contribution is -2.19. The molecule has 1 aromatic rings. The largest absolute Gasteiger partial charge is 0.522 e. The Morgan fingerprint density at radius 1 is 1.38 bits per heavy atom. The fraction of sp³-hybridized carbons (Fsp3) is 0.400. The van der Waals surface area contributed by atoms with Crippen molar-refractivity contribution in [2.24, 2.45) is 0 Å². The molecule has 0 aliphatic heterocycles. The molecule has 0 aliphatic rings. The number of halogens is 4. The van der Waals surface area contributed by atoms with Crippen LogP contribution in [0.5, 0.6) is 0 Å². The zero-order valence-corrected chi connectivity index (χ0v) is 10.2. The molecule has 0 fully saturated rings. The molecule has 1 rings (SSSR count). The van der Waals surface area contributed by atoms with Gasteiger partial charge in [-0.25, -0.2) is 0 Å². The number of rotatable bonds is 4. The summed E-state index contributed by atoms with van der Waals surface area (Å²) < 4.78 is 39.5. The molecule has 90 valence electrons. The number of nitrogens with one attached hydrogen (secondary N) is 1. The molecule has 2 nitrogen and oxygen atoms in total. The van der Waals surface area contributed by atoms with Crippen molar-refractivity contribution in [1.82, 2.24) is 0 Å². The molecule has 1 N–H and O–H groups in total. The molecule has 0 heterocycles. The first kappa shape index (κ1) is 13.3. The number of benzene rings is 1. The maximum atomic E-state index is 11.6. The van der Waals surface area contributed by atoms with Gasteiger partial charge in [0, 0.05) is 16.7 Å². The van der Waals surface area contributed by atoms with Gasteiger partial charge in [-0.05, 0) is 24.6 Å². The normalized spacial score (nSPS) is 11.6. The van der Waals surface area contributed by atoms with Gasteiger partial charge < -0.3 is 5.32 Å². The van der Waals surface area contributed by atoms with E-state index >= 15 is 0 Å². The van der Waals surface area contributed by atoms with Crippen molar-refractivity contribution in [3.05, 3.63) is 28.2 Å². The maximum Gasteiger partial charge on any atom is 0.522 e. The number of alkyl halides is 3. The van der Waals surface area contributed by atoms with Gasteiger partial charge in [-0.1, -0.05) is 22.0 Å². The van der Waals surface area contributed by atoms with Crippen LogP contribution in [0.25, 0.3) is 0 Å². The molecule has 0 saturated carbocycles. The third-order valence-corrected chi connectivity index (χ3v) is 2.72. The minimum atomic E-state index is -4.56. The van der Waals surface area contributed by atoms with Crippen LogP contribution >= 0.6 is 15.9 Å². The van der Waals surface area contributed by atoms with Crippen LogP contribution in [-0.4, -0.2) is 19.5 Å². The minimum absolute atomic E-state index is 0.106. The van der Waals surface area contributed by atoms with Gasteiger partial charge in [-0.2, -0.15) is 0 Å². The highest BCUT2D eigenvalue weighted by Crippen LogP contribution is 2.20. The molecular formula is C10H11BrF3NO. The number of anilines is 1. The van der Waals surface area contributed by atoms with E-state index < -0.39 is 13.0 Å². The van der Waals surface area contributed by atoms with Gasteiger partial charge in [-0.3, -0.25) is 4.74 Å². The molecule has 0 aliphatic carbocycles. The van der Waals surface area contributed by atoms with E-state index in [4.69, 9.17) is 0 Å². The predicted octanol–water partition coefficient (Wildman–Crippen LogP) is 3.71. The molecule has 0 saturated heterocycles. The summed E-state index contributed by atoms with van der Waals surface area (Å²) in [6.07, 6.45) is -4.56. The summed E-state index contributed by atoms with van der Waals surface area (Å²) >= 11 is 3.34. The summed E-state index contributed by atoms with van der Waals surface area (Å²) in [5.41, 5.74) is 1.82. The first-order valence-corrected chi connectivity index (χ1v) is 5.38. The predicted molar refractivity (Wildman–Crippen MR) is 59.4 cm³/mol. The van der Waals surface area contributed by atoms with Gasteiger partial charge in [0.25, 0.3) is 0 Å². The summed E-state index contributed by atoms with van der Waals surface area (Å²) in [6, 6.07) is 5.48. The van der Waals surface area contributed by atoms with E-state index in [1.807, 2.05) is 19.1 Å². The van der Waals surface area contributed by atoms with Gasteiger partial charge in [0.05, 0.1) is 6.61 Å². The molecule has 0 unspecified atom stereocenters. The number of hydrogen-bond donors (Lipinski definition) is 1. The second-order valence-electron chi connectivity index (χ2n) is 3.18. The second kappa shape index (κ2) is 5.54. The third kappa shape index (κ3) is 4.85. The molecule has 1 aromatic carbocycles. The van der Waals surface area contributed by atoms with Crippen molar-refractivity contribution < 1.29 is 17.9 Å². The lowest BCUT2D eigenvalue weighted by Gasteiger charge is -2.10. The maximum absolute atomic E-state index is 11.6. The molecular weight excluding hydrogens is 287 g/mol. The Hall–Kier alpha value is -0.750. The lowest BCUT2D eigenvalue weighted by molar-refractivity contribution is -0.322. The number of ether oxygens (including phenoxy) is 1. The van der Waals surface area contributed by atoms with E-state index in [-0.39, 0.29) is 6.54 Å². The Labute approximate surface area is 99.9 Å². The second-order valence-corrected chi connectivity index (χ2v) is 4.04. The Bertz CT molecular complexity index is 354. The van der Waals surface area contributed by atoms with E-state index in [9.17, 15) is 13.2 Å². The van der Waals surface area contributed by atoms with Crippen LogP contribution in [0.3, 0.4) is 0 Å². The van der Waals surface area contributed by atoms with Crippen LogP contribution in [0.4, 0.5) is 18.9 Å². The van der Waals surface area contributed by atoms with Crippen molar-refractivity contribution in [3.63, 3.8) is 0 Å². The average molecular weight is 298 g/mol. The zero-order valence-electron chi connectivity index (χ0n) is 8.57. The molecule has 0 bridgehead atoms. The Morgan fingerprint density at radius 2 is 2.06 bits per heavy atom. The molecule has 0 atom stereocenters. The van der Waals surface area contributed by atoms with Crippen LogP contribution in [0, 0.1) is 6.92 Å². The lowest BCUT2D eigenvalue weighted by atomic mass is 10.2. The highest BCUT2D eigenvalue weighted by Gasteiger charge is 2.28. The van der Waals surface area contributed by atoms with Gasteiger partial charge in [0.1, 0.15) is 0 Å². The first-order chi connectivity index (χ1) is 7.38. The summed E-state index contributed by atoms with van der Waals surface area (Å²) in [7, 11) is 0. The molecule has 0 aromatic heterocycles. The Kier molecular flexibility index (Phi) is 4.61. The molecule has 0 radical (unpaired) electrons. The van der Waals surface area contributed by atoms with Crippen LogP contribution in [0.15, 0.2) is 22.7 Å². The van der Waals surface area contributed by atoms with Crippen molar-refractivity contribution >= 4 is 21.6 Å². The quantitative estimate of drug-likeness (QED) is 0.856. The third-order valence-electron chi connectivity index (χ3n) is 1.87. The monoisotopic (exact) mass is 297 g/mol. The van der Waals surface area contributed by atoms with E-state index in [1.54, 1.807) is 6.07 Å². The summed E-state index contributed by atoms with van der Waals surface area (Å²) in [5.74, 6) is 0. The number of aryl methyl sites for hydroxylation is 1. The van der Waals surface area contributed by atoms with Crippen molar-refractivity contribution in [2.75, 3.05) is 18.5 Å². The van der Waals surface area contributed by atoms with E-state index in [1.165, 1.54) is 0 Å². The Balaban J connectivity index is 2.35. The van der Waals surface area contributed by atoms with Crippen molar-refractivity contribution in [1.29, 1.82) is 0 Å². The van der Waals surface area contributed by atoms with E-state index in [2.05, 4.69) is 26.0 Å². The fourth-order valence-corrected chi connectivity index (χ4v) is 1.44. The van der Waals surface area contributed by atoms with Crippen LogP contribution < -0.4 is 5.32 Å². The summed E-state index contributed by atoms with van der Waals surface area (Å²) in [4.78, 5) is 0. The van der Waals surface area contributed by atoms with Crippen LogP contribution in [-0.2, 0) is 4.74 Å². The molecule has 6 heteroatoms. The standard InChI is InChI=1S/C10H11BrF3NO/c1-7-2-3-8(6-9(7)11)15-4-5-16-10(12,13)14/h2-3,6,15H,4-5H2,1H3. The smallest absolute Gasteiger partial charge is 0.383 e. The van der Waals surface area contributed by atoms with Crippen molar-refractivity contribution in [2.45, 2.75) is 13.3 Å². The van der Waals surface area contributed by atoms with E-state index in [0.717, 1.165) is 15.7 Å². The van der Waals surface area contributed by atoms with E-state index in [0.29, 0.717) is 0 Å². The van der Waals surface area contributed by atoms with Crippen LogP contribution in [0.1, 0.15) is 5.56 Å². The summed E-state index contributed by atoms with van der Waals surface area (Å²) in [5, 5.41) is 2.83. The number of hydrogen-bond acceptors (Lipinski definition) is 2. The highest BCUT2D eigenvalue weighted by molar-refractivity contribution is 9.10. The molecule has 16 heavy (non-hydrogen) atoms. The summed E-state index contributed by atoms with van der Waals surface area (Å²) in [6.45, 7) is 1.63. The fourth-order valence-electron chi connectivity index (χ4n) is 1.06. The molecule has 0 spiro atoms.